The van der Waals surface area contributed by atoms with Gasteiger partial charge in [0.1, 0.15) is 13.2 Å². The number of hydrogen-bond donors (Lipinski definition) is 0. The highest BCUT2D eigenvalue weighted by atomic mass is 16.6. The van der Waals surface area contributed by atoms with Crippen molar-refractivity contribution in [1.29, 1.82) is 0 Å². The Labute approximate surface area is 434 Å². The van der Waals surface area contributed by atoms with E-state index in [1.54, 1.807) is 0 Å². The van der Waals surface area contributed by atoms with Crippen LogP contribution < -0.4 is 0 Å². The van der Waals surface area contributed by atoms with Crippen molar-refractivity contribution in [2.45, 2.75) is 316 Å². The molecule has 0 aromatic rings. The van der Waals surface area contributed by atoms with Crippen LogP contribution in [0.15, 0.2) is 60.8 Å². The largest absolute Gasteiger partial charge is 0.462 e. The number of hydrogen-bond acceptors (Lipinski definition) is 6. The van der Waals surface area contributed by atoms with Gasteiger partial charge in [0.2, 0.25) is 0 Å². The first-order valence-electron chi connectivity index (χ1n) is 30.3. The standard InChI is InChI=1S/C64H114O6/c1-4-7-10-13-16-19-22-25-28-30-32-34-36-39-42-45-48-51-54-57-63(66)69-60-61(59-68-62(65)56-53-50-47-44-41-38-35-27-24-21-18-15-12-9-6-3)70-64(67)58-55-52-49-46-43-40-37-33-31-29-26-23-20-17-14-11-8-5-2/h7,10,16,19,21,24-25,28,33,37,61H,4-6,8-9,11-15,17-18,20,22-23,26-27,29-32,34-36,38-60H2,1-3H3/b10-7-,19-16-,24-21-,28-25-,37-33-. The Hall–Kier alpha value is -2.89. The monoisotopic (exact) mass is 979 g/mol. The van der Waals surface area contributed by atoms with E-state index < -0.39 is 6.10 Å². The number of unbranched alkanes of at least 4 members (excludes halogenated alkanes) is 34. The molecule has 0 rings (SSSR count). The van der Waals surface area contributed by atoms with Crippen molar-refractivity contribution in [3.63, 3.8) is 0 Å². The van der Waals surface area contributed by atoms with Gasteiger partial charge in [-0.15, -0.1) is 0 Å². The summed E-state index contributed by atoms with van der Waals surface area (Å²) < 4.78 is 16.9. The number of esters is 3. The average Bonchev–Trinajstić information content (AvgIpc) is 3.36. The number of carbonyl (C=O) groups is 3. The molecule has 0 N–H and O–H groups in total. The molecule has 406 valence electrons. The van der Waals surface area contributed by atoms with Crippen LogP contribution in [0.5, 0.6) is 0 Å². The van der Waals surface area contributed by atoms with Gasteiger partial charge in [-0.3, -0.25) is 14.4 Å². The van der Waals surface area contributed by atoms with Gasteiger partial charge in [-0.1, -0.05) is 248 Å². The molecular formula is C64H114O6. The normalized spacial score (nSPS) is 12.4. The van der Waals surface area contributed by atoms with Crippen LogP contribution in [0.3, 0.4) is 0 Å². The second kappa shape index (κ2) is 58.7. The van der Waals surface area contributed by atoms with Crippen LogP contribution in [0.1, 0.15) is 310 Å². The molecule has 0 fully saturated rings. The number of allylic oxidation sites excluding steroid dienone is 10. The predicted octanol–water partition coefficient (Wildman–Crippen LogP) is 20.4. The van der Waals surface area contributed by atoms with Crippen LogP contribution in [0.4, 0.5) is 0 Å². The molecule has 0 aromatic carbocycles. The number of ether oxygens (including phenoxy) is 3. The quantitative estimate of drug-likeness (QED) is 0.0261. The fourth-order valence-corrected chi connectivity index (χ4v) is 8.68. The summed E-state index contributed by atoms with van der Waals surface area (Å²) in [4.78, 5) is 38.2. The molecule has 0 amide bonds. The predicted molar refractivity (Wildman–Crippen MR) is 302 cm³/mol. The first kappa shape index (κ1) is 67.1. The lowest BCUT2D eigenvalue weighted by Crippen LogP contribution is -2.30. The van der Waals surface area contributed by atoms with Gasteiger partial charge in [-0.05, 0) is 103 Å². The molecule has 0 aromatic heterocycles. The first-order valence-corrected chi connectivity index (χ1v) is 30.3. The minimum absolute atomic E-state index is 0.0800. The molecule has 0 saturated carbocycles. The molecule has 1 unspecified atom stereocenters. The molecule has 0 bridgehead atoms. The maximum Gasteiger partial charge on any atom is 0.306 e. The lowest BCUT2D eigenvalue weighted by atomic mass is 10.1. The lowest BCUT2D eigenvalue weighted by Gasteiger charge is -2.18. The molecular weight excluding hydrogens is 865 g/mol. The molecule has 6 heteroatoms. The molecule has 6 nitrogen and oxygen atoms in total. The second-order valence-electron chi connectivity index (χ2n) is 20.2. The zero-order valence-corrected chi connectivity index (χ0v) is 46.5. The van der Waals surface area contributed by atoms with Crippen LogP contribution >= 0.6 is 0 Å². The van der Waals surface area contributed by atoms with Crippen molar-refractivity contribution < 1.29 is 28.6 Å². The third-order valence-electron chi connectivity index (χ3n) is 13.2. The Morgan fingerprint density at radius 3 is 0.900 bits per heavy atom. The maximum absolute atomic E-state index is 12.9. The summed E-state index contributed by atoms with van der Waals surface area (Å²) in [6.07, 6.45) is 73.5. The van der Waals surface area contributed by atoms with Crippen LogP contribution in [-0.2, 0) is 28.6 Å². The summed E-state index contributed by atoms with van der Waals surface area (Å²) in [7, 11) is 0. The van der Waals surface area contributed by atoms with E-state index in [1.807, 2.05) is 0 Å². The van der Waals surface area contributed by atoms with Crippen molar-refractivity contribution in [3.8, 4) is 0 Å². The topological polar surface area (TPSA) is 78.9 Å². The highest BCUT2D eigenvalue weighted by Gasteiger charge is 2.19. The molecule has 1 atom stereocenters. The van der Waals surface area contributed by atoms with Crippen molar-refractivity contribution in [2.75, 3.05) is 13.2 Å². The van der Waals surface area contributed by atoms with Crippen LogP contribution in [0, 0.1) is 0 Å². The Morgan fingerprint density at radius 1 is 0.300 bits per heavy atom. The highest BCUT2D eigenvalue weighted by Crippen LogP contribution is 2.16. The van der Waals surface area contributed by atoms with Crippen molar-refractivity contribution in [1.82, 2.24) is 0 Å². The van der Waals surface area contributed by atoms with Gasteiger partial charge in [0.25, 0.3) is 0 Å². The number of carbonyl (C=O) groups excluding carboxylic acids is 3. The van der Waals surface area contributed by atoms with Crippen LogP contribution in [-0.4, -0.2) is 37.2 Å². The van der Waals surface area contributed by atoms with E-state index in [0.717, 1.165) is 89.9 Å². The van der Waals surface area contributed by atoms with E-state index in [4.69, 9.17) is 14.2 Å². The van der Waals surface area contributed by atoms with Gasteiger partial charge in [0.15, 0.2) is 6.10 Å². The molecule has 0 spiro atoms. The van der Waals surface area contributed by atoms with Gasteiger partial charge in [-0.2, -0.15) is 0 Å². The van der Waals surface area contributed by atoms with Gasteiger partial charge in [-0.25, -0.2) is 0 Å². The Morgan fingerprint density at radius 2 is 0.557 bits per heavy atom. The summed E-state index contributed by atoms with van der Waals surface area (Å²) in [5.74, 6) is -0.884. The zero-order chi connectivity index (χ0) is 50.7. The highest BCUT2D eigenvalue weighted by molar-refractivity contribution is 5.71. The second-order valence-corrected chi connectivity index (χ2v) is 20.2. The smallest absolute Gasteiger partial charge is 0.306 e. The summed E-state index contributed by atoms with van der Waals surface area (Å²) in [5, 5.41) is 0. The summed E-state index contributed by atoms with van der Waals surface area (Å²) in [6.45, 7) is 6.54. The third-order valence-corrected chi connectivity index (χ3v) is 13.2. The number of rotatable bonds is 55. The fourth-order valence-electron chi connectivity index (χ4n) is 8.68. The van der Waals surface area contributed by atoms with E-state index in [1.165, 1.54) is 180 Å². The molecule has 0 heterocycles. The molecule has 0 radical (unpaired) electrons. The lowest BCUT2D eigenvalue weighted by molar-refractivity contribution is -0.167. The molecule has 0 aliphatic rings. The molecule has 0 aliphatic carbocycles. The van der Waals surface area contributed by atoms with E-state index in [-0.39, 0.29) is 31.1 Å². The van der Waals surface area contributed by atoms with Gasteiger partial charge in [0, 0.05) is 19.3 Å². The minimum atomic E-state index is -0.783. The van der Waals surface area contributed by atoms with Crippen molar-refractivity contribution in [2.24, 2.45) is 0 Å². The van der Waals surface area contributed by atoms with E-state index in [2.05, 4.69) is 81.5 Å². The van der Waals surface area contributed by atoms with E-state index in [0.29, 0.717) is 19.3 Å². The van der Waals surface area contributed by atoms with Crippen LogP contribution in [0.2, 0.25) is 0 Å². The average molecular weight is 980 g/mol. The third kappa shape index (κ3) is 56.0. The minimum Gasteiger partial charge on any atom is -0.462 e. The van der Waals surface area contributed by atoms with Crippen molar-refractivity contribution >= 4 is 17.9 Å². The van der Waals surface area contributed by atoms with Gasteiger partial charge in [0.05, 0.1) is 0 Å². The summed E-state index contributed by atoms with van der Waals surface area (Å²) in [6, 6.07) is 0. The Balaban J connectivity index is 4.38. The SMILES string of the molecule is CC/C=C\C/C=C\C/C=C\CCCCCCCCCCCC(=O)OCC(COC(=O)CCCCCCCCC/C=C\CCCCCC)OC(=O)CCCCCCC/C=C\CCCCCCCCCCC. The van der Waals surface area contributed by atoms with Crippen molar-refractivity contribution in [3.05, 3.63) is 60.8 Å². The maximum atomic E-state index is 12.9. The Kier molecular flexibility index (Phi) is 56.3. The first-order chi connectivity index (χ1) is 34.5. The van der Waals surface area contributed by atoms with Gasteiger partial charge < -0.3 is 14.2 Å². The van der Waals surface area contributed by atoms with E-state index >= 15 is 0 Å². The fraction of sp³-hybridized carbons (Fsp3) is 0.797. The van der Waals surface area contributed by atoms with Crippen LogP contribution in [0.25, 0.3) is 0 Å². The molecule has 70 heavy (non-hydrogen) atoms. The zero-order valence-electron chi connectivity index (χ0n) is 46.5. The summed E-state index contributed by atoms with van der Waals surface area (Å²) in [5.41, 5.74) is 0. The summed E-state index contributed by atoms with van der Waals surface area (Å²) >= 11 is 0. The Bertz CT molecular complexity index is 1260. The molecule has 0 saturated heterocycles. The molecule has 0 aliphatic heterocycles. The van der Waals surface area contributed by atoms with E-state index in [9.17, 15) is 14.4 Å². The van der Waals surface area contributed by atoms with Gasteiger partial charge >= 0.3 is 17.9 Å².